The van der Waals surface area contributed by atoms with E-state index in [1.54, 1.807) is 35.6 Å². The molecule has 0 unspecified atom stereocenters. The number of amides is 1. The summed E-state index contributed by atoms with van der Waals surface area (Å²) in [6, 6.07) is 14.8. The number of hydrogen-bond donors (Lipinski definition) is 1. The van der Waals surface area contributed by atoms with Crippen LogP contribution in [-0.4, -0.2) is 17.4 Å². The monoisotopic (exact) mass is 386 g/mol. The number of hydrogen-bond acceptors (Lipinski definition) is 4. The van der Waals surface area contributed by atoms with Gasteiger partial charge in [0.2, 0.25) is 0 Å². The molecule has 3 aromatic rings. The molecule has 0 aliphatic carbocycles. The third kappa shape index (κ3) is 5.31. The third-order valence-corrected chi connectivity index (χ3v) is 4.95. The lowest BCUT2D eigenvalue weighted by Crippen LogP contribution is -2.25. The summed E-state index contributed by atoms with van der Waals surface area (Å²) in [5.41, 5.74) is 2.74. The summed E-state index contributed by atoms with van der Waals surface area (Å²) in [5.74, 6) is 0.622. The quantitative estimate of drug-likeness (QED) is 0.642. The first-order valence-electron chi connectivity index (χ1n) is 8.27. The van der Waals surface area contributed by atoms with E-state index in [1.165, 1.54) is 0 Å². The average molecular weight is 387 g/mol. The van der Waals surface area contributed by atoms with Crippen LogP contribution in [0.3, 0.4) is 0 Å². The second-order valence-electron chi connectivity index (χ2n) is 5.83. The van der Waals surface area contributed by atoms with Crippen molar-refractivity contribution in [2.45, 2.75) is 20.0 Å². The van der Waals surface area contributed by atoms with Gasteiger partial charge in [-0.2, -0.15) is 0 Å². The van der Waals surface area contributed by atoms with Crippen molar-refractivity contribution in [3.63, 3.8) is 0 Å². The van der Waals surface area contributed by atoms with Crippen molar-refractivity contribution in [2.24, 2.45) is 0 Å². The highest BCUT2D eigenvalue weighted by molar-refractivity contribution is 7.09. The summed E-state index contributed by atoms with van der Waals surface area (Å²) in [4.78, 5) is 16.6. The van der Waals surface area contributed by atoms with E-state index in [-0.39, 0.29) is 5.91 Å². The molecule has 134 valence electrons. The van der Waals surface area contributed by atoms with Crippen LogP contribution in [0.25, 0.3) is 0 Å². The van der Waals surface area contributed by atoms with Crippen LogP contribution in [0.1, 0.15) is 26.6 Å². The lowest BCUT2D eigenvalue weighted by Gasteiger charge is -2.07. The zero-order valence-electron chi connectivity index (χ0n) is 14.4. The number of aromatic nitrogens is 1. The Balaban J connectivity index is 1.46. The first-order chi connectivity index (χ1) is 12.6. The number of halogens is 1. The molecule has 6 heteroatoms. The average Bonchev–Trinajstić information content (AvgIpc) is 3.07. The molecule has 1 heterocycles. The van der Waals surface area contributed by atoms with Crippen molar-refractivity contribution < 1.29 is 9.53 Å². The molecule has 1 N–H and O–H groups in total. The van der Waals surface area contributed by atoms with Gasteiger partial charge in [0.1, 0.15) is 17.4 Å². The van der Waals surface area contributed by atoms with E-state index < -0.39 is 0 Å². The summed E-state index contributed by atoms with van der Waals surface area (Å²) >= 11 is 7.44. The highest BCUT2D eigenvalue weighted by Gasteiger charge is 2.06. The molecule has 0 radical (unpaired) electrons. The van der Waals surface area contributed by atoms with Gasteiger partial charge in [0.05, 0.1) is 0 Å². The van der Waals surface area contributed by atoms with Gasteiger partial charge in [0, 0.05) is 28.2 Å². The highest BCUT2D eigenvalue weighted by atomic mass is 35.5. The van der Waals surface area contributed by atoms with Crippen LogP contribution in [0.4, 0.5) is 0 Å². The van der Waals surface area contributed by atoms with Gasteiger partial charge in [0.25, 0.3) is 5.91 Å². The Morgan fingerprint density at radius 2 is 1.88 bits per heavy atom. The van der Waals surface area contributed by atoms with E-state index in [2.05, 4.69) is 10.3 Å². The highest BCUT2D eigenvalue weighted by Crippen LogP contribution is 2.16. The van der Waals surface area contributed by atoms with Gasteiger partial charge in [-0.25, -0.2) is 4.98 Å². The number of aryl methyl sites for hydroxylation is 1. The largest absolute Gasteiger partial charge is 0.486 e. The van der Waals surface area contributed by atoms with Gasteiger partial charge in [-0.05, 0) is 55.3 Å². The second kappa shape index (κ2) is 8.83. The van der Waals surface area contributed by atoms with Crippen LogP contribution < -0.4 is 10.1 Å². The summed E-state index contributed by atoms with van der Waals surface area (Å²) in [7, 11) is 0. The Kier molecular flexibility index (Phi) is 6.26. The number of nitrogens with zero attached hydrogens (tertiary/aromatic N) is 1. The number of ether oxygens (including phenoxy) is 1. The topological polar surface area (TPSA) is 51.2 Å². The SMILES string of the molecule is Cc1csc(COc2ccc(C(=O)NCCc3ccc(Cl)cc3)cc2)n1. The molecule has 1 amide bonds. The van der Waals surface area contributed by atoms with E-state index in [9.17, 15) is 4.79 Å². The minimum Gasteiger partial charge on any atom is -0.486 e. The van der Waals surface area contributed by atoms with Crippen molar-refractivity contribution in [2.75, 3.05) is 6.54 Å². The van der Waals surface area contributed by atoms with Crippen molar-refractivity contribution >= 4 is 28.8 Å². The maximum atomic E-state index is 12.2. The molecule has 0 aliphatic heterocycles. The van der Waals surface area contributed by atoms with Crippen LogP contribution in [0.15, 0.2) is 53.9 Å². The van der Waals surface area contributed by atoms with Gasteiger partial charge in [-0.3, -0.25) is 4.79 Å². The van der Waals surface area contributed by atoms with Crippen LogP contribution in [0, 0.1) is 6.92 Å². The Morgan fingerprint density at radius 1 is 1.15 bits per heavy atom. The number of carbonyl (C=O) groups excluding carboxylic acids is 1. The first-order valence-corrected chi connectivity index (χ1v) is 9.52. The smallest absolute Gasteiger partial charge is 0.251 e. The molecular formula is C20H19ClN2O2S. The lowest BCUT2D eigenvalue weighted by molar-refractivity contribution is 0.0954. The van der Waals surface area contributed by atoms with Crippen LogP contribution >= 0.6 is 22.9 Å². The first kappa shape index (κ1) is 18.4. The Hall–Kier alpha value is -2.37. The van der Waals surface area contributed by atoms with Gasteiger partial charge in [-0.1, -0.05) is 23.7 Å². The predicted molar refractivity (Wildman–Crippen MR) is 105 cm³/mol. The summed E-state index contributed by atoms with van der Waals surface area (Å²) in [6.45, 7) is 2.97. The van der Waals surface area contributed by atoms with Crippen molar-refractivity contribution in [3.8, 4) is 5.75 Å². The lowest BCUT2D eigenvalue weighted by atomic mass is 10.1. The van der Waals surface area contributed by atoms with Crippen LogP contribution in [0.2, 0.25) is 5.02 Å². The standard InChI is InChI=1S/C20H19ClN2O2S/c1-14-13-26-19(23-14)12-25-18-8-4-16(5-9-18)20(24)22-11-10-15-2-6-17(21)7-3-15/h2-9,13H,10-12H2,1H3,(H,22,24). The Labute approximate surface area is 161 Å². The van der Waals surface area contributed by atoms with Crippen molar-refractivity contribution in [3.05, 3.63) is 80.8 Å². The van der Waals surface area contributed by atoms with Crippen LogP contribution in [-0.2, 0) is 13.0 Å². The van der Waals surface area contributed by atoms with Gasteiger partial charge in [-0.15, -0.1) is 11.3 Å². The van der Waals surface area contributed by atoms with Gasteiger partial charge in [0.15, 0.2) is 0 Å². The van der Waals surface area contributed by atoms with E-state index in [0.717, 1.165) is 28.4 Å². The van der Waals surface area contributed by atoms with Gasteiger partial charge >= 0.3 is 0 Å². The fraction of sp³-hybridized carbons (Fsp3) is 0.200. The predicted octanol–water partition coefficient (Wildman–Crippen LogP) is 4.66. The van der Waals surface area contributed by atoms with E-state index in [0.29, 0.717) is 23.7 Å². The van der Waals surface area contributed by atoms with Gasteiger partial charge < -0.3 is 10.1 Å². The number of thiazole rings is 1. The molecule has 0 saturated heterocycles. The molecule has 4 nitrogen and oxygen atoms in total. The summed E-state index contributed by atoms with van der Waals surface area (Å²) < 4.78 is 5.69. The second-order valence-corrected chi connectivity index (χ2v) is 7.21. The fourth-order valence-corrected chi connectivity index (χ4v) is 3.20. The Morgan fingerprint density at radius 3 is 2.54 bits per heavy atom. The number of carbonyl (C=O) groups is 1. The molecule has 1 aromatic heterocycles. The maximum Gasteiger partial charge on any atom is 0.251 e. The zero-order valence-corrected chi connectivity index (χ0v) is 15.9. The molecule has 2 aromatic carbocycles. The number of rotatable bonds is 7. The molecule has 0 bridgehead atoms. The molecule has 0 atom stereocenters. The zero-order chi connectivity index (χ0) is 18.4. The third-order valence-electron chi connectivity index (χ3n) is 3.76. The molecule has 3 rings (SSSR count). The van der Waals surface area contributed by atoms with Crippen LogP contribution in [0.5, 0.6) is 5.75 Å². The molecule has 0 fully saturated rings. The van der Waals surface area contributed by atoms with Crippen molar-refractivity contribution in [1.29, 1.82) is 0 Å². The molecular weight excluding hydrogens is 368 g/mol. The number of nitrogens with one attached hydrogen (secondary N) is 1. The minimum absolute atomic E-state index is 0.0962. The molecule has 0 spiro atoms. The summed E-state index contributed by atoms with van der Waals surface area (Å²) in [6.07, 6.45) is 0.761. The van der Waals surface area contributed by atoms with E-state index in [1.807, 2.05) is 36.6 Å². The summed E-state index contributed by atoms with van der Waals surface area (Å²) in [5, 5.41) is 6.57. The Bertz CT molecular complexity index is 860. The van der Waals surface area contributed by atoms with E-state index in [4.69, 9.17) is 16.3 Å². The minimum atomic E-state index is -0.0962. The fourth-order valence-electron chi connectivity index (χ4n) is 2.39. The van der Waals surface area contributed by atoms with Crippen molar-refractivity contribution in [1.82, 2.24) is 10.3 Å². The molecule has 26 heavy (non-hydrogen) atoms. The normalized spacial score (nSPS) is 10.5. The molecule has 0 aliphatic rings. The van der Waals surface area contributed by atoms with E-state index >= 15 is 0 Å². The maximum absolute atomic E-state index is 12.2. The molecule has 0 saturated carbocycles. The number of benzene rings is 2.